The number of halogens is 2. The molecule has 0 saturated carbocycles. The molecule has 1 heterocycles. The van der Waals surface area contributed by atoms with Crippen LogP contribution < -0.4 is 4.74 Å². The highest BCUT2D eigenvalue weighted by atomic mass is 35.5. The Morgan fingerprint density at radius 3 is 2.80 bits per heavy atom. The number of aromatic amines is 1. The third kappa shape index (κ3) is 2.09. The van der Waals surface area contributed by atoms with Crippen molar-refractivity contribution in [3.63, 3.8) is 0 Å². The van der Waals surface area contributed by atoms with Crippen molar-refractivity contribution >= 4 is 34.9 Å². The number of benzene rings is 2. The lowest BCUT2D eigenvalue weighted by Gasteiger charge is -2.10. The largest absolute Gasteiger partial charge is 0.494 e. The van der Waals surface area contributed by atoms with E-state index in [9.17, 15) is 4.39 Å². The van der Waals surface area contributed by atoms with Gasteiger partial charge < -0.3 is 9.72 Å². The molecule has 1 aromatic heterocycles. The first-order valence-corrected chi connectivity index (χ1v) is 6.63. The number of H-pyrrole nitrogens is 1. The number of rotatable bonds is 2. The molecule has 0 aliphatic rings. The first-order valence-electron chi connectivity index (χ1n) is 5.84. The van der Waals surface area contributed by atoms with Crippen LogP contribution in [0.15, 0.2) is 36.4 Å². The Labute approximate surface area is 124 Å². The van der Waals surface area contributed by atoms with Crippen LogP contribution in [0.2, 0.25) is 5.02 Å². The van der Waals surface area contributed by atoms with Crippen LogP contribution in [-0.4, -0.2) is 16.7 Å². The van der Waals surface area contributed by atoms with Crippen LogP contribution in [0.5, 0.6) is 5.75 Å². The van der Waals surface area contributed by atoms with Crippen molar-refractivity contribution < 1.29 is 9.13 Å². The molecule has 0 spiro atoms. The predicted octanol–water partition coefficient (Wildman–Crippen LogP) is 4.49. The van der Waals surface area contributed by atoms with Crippen molar-refractivity contribution in [1.82, 2.24) is 9.55 Å². The van der Waals surface area contributed by atoms with Gasteiger partial charge in [-0.3, -0.25) is 4.57 Å². The standard InChI is InChI=1S/C14H10ClFN2OS/c1-19-13-7-9(16)3-5-12(13)18-11-4-2-8(15)6-10(11)17-14(18)20/h2-7H,1H3,(H,17,20). The quantitative estimate of drug-likeness (QED) is 0.707. The van der Waals surface area contributed by atoms with E-state index in [-0.39, 0.29) is 5.82 Å². The lowest BCUT2D eigenvalue weighted by Crippen LogP contribution is -1.98. The Balaban J connectivity index is 2.35. The second kappa shape index (κ2) is 4.92. The summed E-state index contributed by atoms with van der Waals surface area (Å²) < 4.78 is 20.8. The Morgan fingerprint density at radius 1 is 1.25 bits per heavy atom. The van der Waals surface area contributed by atoms with E-state index in [1.54, 1.807) is 22.8 Å². The number of aromatic nitrogens is 2. The third-order valence-electron chi connectivity index (χ3n) is 3.03. The van der Waals surface area contributed by atoms with Gasteiger partial charge in [-0.25, -0.2) is 4.39 Å². The molecule has 102 valence electrons. The van der Waals surface area contributed by atoms with Crippen LogP contribution in [0.3, 0.4) is 0 Å². The lowest BCUT2D eigenvalue weighted by atomic mass is 10.2. The fourth-order valence-electron chi connectivity index (χ4n) is 2.16. The predicted molar refractivity (Wildman–Crippen MR) is 80.0 cm³/mol. The first kappa shape index (κ1) is 13.1. The molecule has 3 aromatic rings. The molecule has 0 saturated heterocycles. The summed E-state index contributed by atoms with van der Waals surface area (Å²) in [6, 6.07) is 9.75. The van der Waals surface area contributed by atoms with E-state index in [0.29, 0.717) is 21.2 Å². The number of hydrogen-bond acceptors (Lipinski definition) is 2. The number of ether oxygens (including phenoxy) is 1. The Morgan fingerprint density at radius 2 is 2.05 bits per heavy atom. The number of nitrogens with one attached hydrogen (secondary N) is 1. The number of nitrogens with zero attached hydrogens (tertiary/aromatic N) is 1. The maximum atomic E-state index is 13.3. The molecule has 0 amide bonds. The third-order valence-corrected chi connectivity index (χ3v) is 3.55. The minimum Gasteiger partial charge on any atom is -0.494 e. The monoisotopic (exact) mass is 308 g/mol. The lowest BCUT2D eigenvalue weighted by molar-refractivity contribution is 0.409. The van der Waals surface area contributed by atoms with Gasteiger partial charge in [-0.2, -0.15) is 0 Å². The molecular weight excluding hydrogens is 299 g/mol. The fraction of sp³-hybridized carbons (Fsp3) is 0.0714. The van der Waals surface area contributed by atoms with Gasteiger partial charge in [0, 0.05) is 11.1 Å². The van der Waals surface area contributed by atoms with Gasteiger partial charge in [-0.15, -0.1) is 0 Å². The van der Waals surface area contributed by atoms with Crippen molar-refractivity contribution in [2.45, 2.75) is 0 Å². The van der Waals surface area contributed by atoms with Gasteiger partial charge in [0.2, 0.25) is 0 Å². The van der Waals surface area contributed by atoms with Crippen LogP contribution in [0.4, 0.5) is 4.39 Å². The molecule has 1 N–H and O–H groups in total. The highest BCUT2D eigenvalue weighted by Gasteiger charge is 2.12. The van der Waals surface area contributed by atoms with Crippen molar-refractivity contribution in [3.05, 3.63) is 52.0 Å². The number of fused-ring (bicyclic) bond motifs is 1. The number of imidazole rings is 1. The SMILES string of the molecule is COc1cc(F)ccc1-n1c(=S)[nH]c2cc(Cl)ccc21. The van der Waals surface area contributed by atoms with E-state index in [4.69, 9.17) is 28.6 Å². The van der Waals surface area contributed by atoms with E-state index in [1.165, 1.54) is 19.2 Å². The van der Waals surface area contributed by atoms with Crippen molar-refractivity contribution in [1.29, 1.82) is 0 Å². The molecule has 3 nitrogen and oxygen atoms in total. The zero-order chi connectivity index (χ0) is 14.3. The summed E-state index contributed by atoms with van der Waals surface area (Å²) >= 11 is 11.3. The van der Waals surface area contributed by atoms with Crippen LogP contribution >= 0.6 is 23.8 Å². The maximum absolute atomic E-state index is 13.3. The second-order valence-corrected chi connectivity index (χ2v) is 5.07. The van der Waals surface area contributed by atoms with E-state index in [2.05, 4.69) is 4.98 Å². The molecule has 2 aromatic carbocycles. The second-order valence-electron chi connectivity index (χ2n) is 4.24. The number of methoxy groups -OCH3 is 1. The van der Waals surface area contributed by atoms with Gasteiger partial charge in [-0.05, 0) is 42.5 Å². The molecular formula is C14H10ClFN2OS. The molecule has 3 rings (SSSR count). The summed E-state index contributed by atoms with van der Waals surface area (Å²) in [5, 5.41) is 0.618. The van der Waals surface area contributed by atoms with E-state index < -0.39 is 0 Å². The van der Waals surface area contributed by atoms with Gasteiger partial charge in [0.05, 0.1) is 23.8 Å². The fourth-order valence-corrected chi connectivity index (χ4v) is 2.64. The van der Waals surface area contributed by atoms with Crippen molar-refractivity contribution in [2.24, 2.45) is 0 Å². The molecule has 0 radical (unpaired) electrons. The van der Waals surface area contributed by atoms with Crippen LogP contribution in [-0.2, 0) is 0 Å². The minimum atomic E-state index is -0.361. The van der Waals surface area contributed by atoms with Gasteiger partial charge >= 0.3 is 0 Å². The molecule has 0 atom stereocenters. The normalized spacial score (nSPS) is 10.9. The summed E-state index contributed by atoms with van der Waals surface area (Å²) in [5.41, 5.74) is 2.34. The van der Waals surface area contributed by atoms with E-state index >= 15 is 0 Å². The van der Waals surface area contributed by atoms with Gasteiger partial charge in [-0.1, -0.05) is 11.6 Å². The van der Waals surface area contributed by atoms with Gasteiger partial charge in [0.25, 0.3) is 0 Å². The van der Waals surface area contributed by atoms with Gasteiger partial charge in [0.15, 0.2) is 4.77 Å². The summed E-state index contributed by atoms with van der Waals surface area (Å²) in [4.78, 5) is 3.08. The highest BCUT2D eigenvalue weighted by molar-refractivity contribution is 7.71. The van der Waals surface area contributed by atoms with Crippen LogP contribution in [0, 0.1) is 10.6 Å². The molecule has 0 unspecified atom stereocenters. The molecule has 0 bridgehead atoms. The van der Waals surface area contributed by atoms with Crippen LogP contribution in [0.25, 0.3) is 16.7 Å². The molecule has 6 heteroatoms. The van der Waals surface area contributed by atoms with Gasteiger partial charge in [0.1, 0.15) is 11.6 Å². The van der Waals surface area contributed by atoms with E-state index in [0.717, 1.165) is 11.0 Å². The zero-order valence-electron chi connectivity index (χ0n) is 10.5. The summed E-state index contributed by atoms with van der Waals surface area (Å²) in [6.45, 7) is 0. The Hall–Kier alpha value is -1.85. The Kier molecular flexibility index (Phi) is 3.23. The topological polar surface area (TPSA) is 29.9 Å². The van der Waals surface area contributed by atoms with Crippen molar-refractivity contribution in [2.75, 3.05) is 7.11 Å². The number of hydrogen-bond donors (Lipinski definition) is 1. The molecule has 0 aliphatic carbocycles. The summed E-state index contributed by atoms with van der Waals surface area (Å²) in [7, 11) is 1.49. The molecule has 20 heavy (non-hydrogen) atoms. The summed E-state index contributed by atoms with van der Waals surface area (Å²) in [6.07, 6.45) is 0. The Bertz CT molecular complexity index is 856. The average molecular weight is 309 g/mol. The highest BCUT2D eigenvalue weighted by Crippen LogP contribution is 2.29. The van der Waals surface area contributed by atoms with E-state index in [1.807, 2.05) is 6.07 Å². The average Bonchev–Trinajstić information content (AvgIpc) is 2.73. The smallest absolute Gasteiger partial charge is 0.182 e. The minimum absolute atomic E-state index is 0.361. The van der Waals surface area contributed by atoms with Crippen molar-refractivity contribution in [3.8, 4) is 11.4 Å². The maximum Gasteiger partial charge on any atom is 0.182 e. The first-order chi connectivity index (χ1) is 9.60. The zero-order valence-corrected chi connectivity index (χ0v) is 12.1. The van der Waals surface area contributed by atoms with Crippen LogP contribution in [0.1, 0.15) is 0 Å². The molecule has 0 fully saturated rings. The molecule has 0 aliphatic heterocycles. The summed E-state index contributed by atoms with van der Waals surface area (Å²) in [5.74, 6) is 0.0527.